The standard InChI is InChI=1S/C12H18N2O4/c1-13-6-4-9(5-7-13)8-12(17)18-14-10(15)2-3-11(14)16/h9H,2-8H2,1H3. The Labute approximate surface area is 106 Å². The molecule has 0 aromatic carbocycles. The third-order valence-corrected chi connectivity index (χ3v) is 3.49. The van der Waals surface area contributed by atoms with Crippen LogP contribution >= 0.6 is 0 Å². The third-order valence-electron chi connectivity index (χ3n) is 3.49. The summed E-state index contributed by atoms with van der Waals surface area (Å²) < 4.78 is 0. The molecule has 0 aromatic rings. The number of nitrogens with zero attached hydrogens (tertiary/aromatic N) is 2. The number of piperidine rings is 1. The van der Waals surface area contributed by atoms with Gasteiger partial charge in [-0.3, -0.25) is 9.59 Å². The summed E-state index contributed by atoms with van der Waals surface area (Å²) >= 11 is 0. The molecule has 0 saturated carbocycles. The van der Waals surface area contributed by atoms with E-state index in [0.717, 1.165) is 25.9 Å². The minimum absolute atomic E-state index is 0.139. The zero-order valence-electron chi connectivity index (χ0n) is 10.6. The fraction of sp³-hybridized carbons (Fsp3) is 0.750. The Hall–Kier alpha value is -1.43. The van der Waals surface area contributed by atoms with Crippen LogP contribution in [0.4, 0.5) is 0 Å². The Morgan fingerprint density at radius 1 is 1.22 bits per heavy atom. The van der Waals surface area contributed by atoms with Crippen molar-refractivity contribution in [1.82, 2.24) is 9.96 Å². The lowest BCUT2D eigenvalue weighted by molar-refractivity contribution is -0.198. The molecule has 2 fully saturated rings. The number of rotatable bonds is 3. The molecule has 6 nitrogen and oxygen atoms in total. The number of carbonyl (C=O) groups is 3. The number of hydroxylamine groups is 2. The van der Waals surface area contributed by atoms with E-state index < -0.39 is 17.8 Å². The summed E-state index contributed by atoms with van der Waals surface area (Å²) in [5, 5.41) is 0.622. The molecule has 0 aliphatic carbocycles. The topological polar surface area (TPSA) is 66.9 Å². The first-order chi connectivity index (χ1) is 8.56. The molecule has 0 spiro atoms. The number of imide groups is 1. The highest BCUT2D eigenvalue weighted by atomic mass is 16.7. The van der Waals surface area contributed by atoms with E-state index in [4.69, 9.17) is 4.84 Å². The van der Waals surface area contributed by atoms with Crippen molar-refractivity contribution in [3.8, 4) is 0 Å². The van der Waals surface area contributed by atoms with Gasteiger partial charge in [0.15, 0.2) is 0 Å². The lowest BCUT2D eigenvalue weighted by atomic mass is 9.94. The van der Waals surface area contributed by atoms with Crippen molar-refractivity contribution in [2.24, 2.45) is 5.92 Å². The van der Waals surface area contributed by atoms with Crippen LogP contribution in [0.2, 0.25) is 0 Å². The van der Waals surface area contributed by atoms with Gasteiger partial charge in [0.25, 0.3) is 11.8 Å². The quantitative estimate of drug-likeness (QED) is 0.679. The van der Waals surface area contributed by atoms with Gasteiger partial charge in [0.05, 0.1) is 6.42 Å². The molecule has 0 unspecified atom stereocenters. The van der Waals surface area contributed by atoms with Crippen LogP contribution in [0, 0.1) is 5.92 Å². The molecule has 2 amide bonds. The first-order valence-electron chi connectivity index (χ1n) is 6.31. The second-order valence-electron chi connectivity index (χ2n) is 5.00. The Morgan fingerprint density at radius 3 is 2.33 bits per heavy atom. The number of hydrogen-bond donors (Lipinski definition) is 0. The predicted octanol–water partition coefficient (Wildman–Crippen LogP) is 0.325. The van der Waals surface area contributed by atoms with E-state index in [0.29, 0.717) is 11.0 Å². The van der Waals surface area contributed by atoms with Gasteiger partial charge in [-0.15, -0.1) is 5.06 Å². The molecule has 0 aromatic heterocycles. The van der Waals surface area contributed by atoms with Crippen molar-refractivity contribution in [3.05, 3.63) is 0 Å². The Bertz CT molecular complexity index is 345. The molecule has 2 aliphatic rings. The van der Waals surface area contributed by atoms with Crippen molar-refractivity contribution < 1.29 is 19.2 Å². The molecule has 18 heavy (non-hydrogen) atoms. The molecule has 0 N–H and O–H groups in total. The van der Waals surface area contributed by atoms with Gasteiger partial charge in [-0.25, -0.2) is 4.79 Å². The van der Waals surface area contributed by atoms with E-state index in [1.807, 2.05) is 0 Å². The summed E-state index contributed by atoms with van der Waals surface area (Å²) in [5.41, 5.74) is 0. The second-order valence-corrected chi connectivity index (χ2v) is 5.00. The lowest BCUT2D eigenvalue weighted by Gasteiger charge is -2.28. The third kappa shape index (κ3) is 3.07. The van der Waals surface area contributed by atoms with Gasteiger partial charge in [-0.05, 0) is 38.9 Å². The monoisotopic (exact) mass is 254 g/mol. The molecule has 6 heteroatoms. The van der Waals surface area contributed by atoms with Gasteiger partial charge in [0.1, 0.15) is 0 Å². The average molecular weight is 254 g/mol. The van der Waals surface area contributed by atoms with E-state index in [1.165, 1.54) is 0 Å². The molecule has 2 heterocycles. The van der Waals surface area contributed by atoms with E-state index in [9.17, 15) is 14.4 Å². The largest absolute Gasteiger partial charge is 0.333 e. The summed E-state index contributed by atoms with van der Waals surface area (Å²) in [4.78, 5) is 41.3. The van der Waals surface area contributed by atoms with E-state index >= 15 is 0 Å². The number of amides is 2. The van der Waals surface area contributed by atoms with Crippen LogP contribution in [0.1, 0.15) is 32.1 Å². The molecule has 2 rings (SSSR count). The Balaban J connectivity index is 1.78. The zero-order valence-corrected chi connectivity index (χ0v) is 10.6. The minimum Gasteiger partial charge on any atom is -0.330 e. The summed E-state index contributed by atoms with van der Waals surface area (Å²) in [6, 6.07) is 0. The first kappa shape index (κ1) is 13.0. The highest BCUT2D eigenvalue weighted by Crippen LogP contribution is 2.21. The van der Waals surface area contributed by atoms with Crippen molar-refractivity contribution in [1.29, 1.82) is 0 Å². The van der Waals surface area contributed by atoms with E-state index in [-0.39, 0.29) is 19.3 Å². The van der Waals surface area contributed by atoms with Crippen LogP contribution < -0.4 is 0 Å². The SMILES string of the molecule is CN1CCC(CC(=O)ON2C(=O)CCC2=O)CC1. The summed E-state index contributed by atoms with van der Waals surface area (Å²) in [6.45, 7) is 1.94. The maximum Gasteiger partial charge on any atom is 0.333 e. The van der Waals surface area contributed by atoms with E-state index in [1.54, 1.807) is 0 Å². The maximum atomic E-state index is 11.7. The average Bonchev–Trinajstić information content (AvgIpc) is 2.64. The van der Waals surface area contributed by atoms with Crippen LogP contribution in [0.15, 0.2) is 0 Å². The smallest absolute Gasteiger partial charge is 0.330 e. The molecule has 2 saturated heterocycles. The Morgan fingerprint density at radius 2 is 1.78 bits per heavy atom. The van der Waals surface area contributed by atoms with Crippen molar-refractivity contribution >= 4 is 17.8 Å². The normalized spacial score (nSPS) is 22.6. The predicted molar refractivity (Wildman–Crippen MR) is 62.0 cm³/mol. The van der Waals surface area contributed by atoms with Crippen LogP contribution in [0.3, 0.4) is 0 Å². The van der Waals surface area contributed by atoms with Gasteiger partial charge in [0.2, 0.25) is 0 Å². The fourth-order valence-corrected chi connectivity index (χ4v) is 2.30. The molecule has 100 valence electrons. The van der Waals surface area contributed by atoms with Crippen LogP contribution in [0.25, 0.3) is 0 Å². The van der Waals surface area contributed by atoms with Crippen LogP contribution in [0.5, 0.6) is 0 Å². The number of likely N-dealkylation sites (tertiary alicyclic amines) is 1. The minimum atomic E-state index is -0.479. The summed E-state index contributed by atoms with van der Waals surface area (Å²) in [5.74, 6) is -1.02. The van der Waals surface area contributed by atoms with Crippen molar-refractivity contribution in [2.45, 2.75) is 32.1 Å². The molecular formula is C12H18N2O4. The maximum absolute atomic E-state index is 11.7. The highest BCUT2D eigenvalue weighted by Gasteiger charge is 2.33. The van der Waals surface area contributed by atoms with Crippen LogP contribution in [-0.2, 0) is 19.2 Å². The first-order valence-corrected chi connectivity index (χ1v) is 6.31. The second kappa shape index (κ2) is 5.48. The van der Waals surface area contributed by atoms with E-state index in [2.05, 4.69) is 11.9 Å². The Kier molecular flexibility index (Phi) is 3.96. The highest BCUT2D eigenvalue weighted by molar-refractivity contribution is 6.01. The van der Waals surface area contributed by atoms with Gasteiger partial charge in [-0.1, -0.05) is 0 Å². The summed E-state index contributed by atoms with van der Waals surface area (Å²) in [7, 11) is 2.05. The molecular weight excluding hydrogens is 236 g/mol. The van der Waals surface area contributed by atoms with Gasteiger partial charge < -0.3 is 9.74 Å². The van der Waals surface area contributed by atoms with Gasteiger partial charge in [-0.2, -0.15) is 0 Å². The number of carbonyl (C=O) groups excluding carboxylic acids is 3. The molecule has 0 radical (unpaired) electrons. The molecule has 0 atom stereocenters. The molecule has 0 bridgehead atoms. The van der Waals surface area contributed by atoms with Crippen molar-refractivity contribution in [2.75, 3.05) is 20.1 Å². The lowest BCUT2D eigenvalue weighted by Crippen LogP contribution is -2.35. The van der Waals surface area contributed by atoms with Gasteiger partial charge in [0, 0.05) is 12.8 Å². The molecule has 2 aliphatic heterocycles. The zero-order chi connectivity index (χ0) is 13.1. The summed E-state index contributed by atoms with van der Waals surface area (Å²) in [6.07, 6.45) is 2.46. The van der Waals surface area contributed by atoms with Gasteiger partial charge >= 0.3 is 5.97 Å². The fourth-order valence-electron chi connectivity index (χ4n) is 2.30. The number of hydrogen-bond acceptors (Lipinski definition) is 5. The van der Waals surface area contributed by atoms with Crippen LogP contribution in [-0.4, -0.2) is 47.9 Å². The van der Waals surface area contributed by atoms with Crippen molar-refractivity contribution in [3.63, 3.8) is 0 Å².